The van der Waals surface area contributed by atoms with Gasteiger partial charge in [-0.15, -0.1) is 0 Å². The Hall–Kier alpha value is -1.86. The van der Waals surface area contributed by atoms with Crippen LogP contribution in [0.5, 0.6) is 11.5 Å². The van der Waals surface area contributed by atoms with E-state index in [1.54, 1.807) is 30.3 Å². The maximum absolute atomic E-state index is 10.3. The number of aliphatic hydroxyl groups excluding tert-OH is 2. The van der Waals surface area contributed by atoms with E-state index in [9.17, 15) is 10.2 Å². The van der Waals surface area contributed by atoms with Gasteiger partial charge in [0.1, 0.15) is 15.8 Å². The molecule has 2 atom stereocenters. The molecule has 0 radical (unpaired) electrons. The Morgan fingerprint density at radius 2 is 1.70 bits per heavy atom. The average molecular weight is 468 g/mol. The van der Waals surface area contributed by atoms with Gasteiger partial charge in [-0.3, -0.25) is 4.98 Å². The van der Waals surface area contributed by atoms with Crippen molar-refractivity contribution in [2.75, 3.05) is 13.2 Å². The normalized spacial score (nSPS) is 13.1. The van der Waals surface area contributed by atoms with Gasteiger partial charge in [-0.1, -0.05) is 59.1 Å². The highest BCUT2D eigenvalue weighted by Gasteiger charge is 2.14. The molecule has 0 spiro atoms. The largest absolute Gasteiger partial charge is 0.454 e. The Bertz CT molecular complexity index is 950. The van der Waals surface area contributed by atoms with E-state index in [0.717, 1.165) is 11.1 Å². The van der Waals surface area contributed by atoms with Crippen LogP contribution in [0.15, 0.2) is 60.9 Å². The number of nitrogens with one attached hydrogen (secondary N) is 1. The topological polar surface area (TPSA) is 74.6 Å². The van der Waals surface area contributed by atoms with Crippen LogP contribution in [0, 0.1) is 0 Å². The SMILES string of the molecule is OC[C@H](Cc1ccc(Oc2c(Cl)cncc2Cl)cc1)NC[C@H](O)c1cccc(Cl)c1. The van der Waals surface area contributed by atoms with Crippen LogP contribution in [0.3, 0.4) is 0 Å². The maximum atomic E-state index is 10.3. The van der Waals surface area contributed by atoms with Gasteiger partial charge < -0.3 is 20.3 Å². The highest BCUT2D eigenvalue weighted by molar-refractivity contribution is 6.36. The zero-order valence-corrected chi connectivity index (χ0v) is 18.2. The Morgan fingerprint density at radius 3 is 2.33 bits per heavy atom. The number of ether oxygens (including phenoxy) is 1. The predicted molar refractivity (Wildman–Crippen MR) is 120 cm³/mol. The molecule has 0 saturated heterocycles. The van der Waals surface area contributed by atoms with Crippen LogP contribution in [-0.2, 0) is 6.42 Å². The fourth-order valence-electron chi connectivity index (χ4n) is 2.90. The second-order valence-electron chi connectivity index (χ2n) is 6.74. The fourth-order valence-corrected chi connectivity index (χ4v) is 3.54. The minimum Gasteiger partial charge on any atom is -0.454 e. The Labute approximate surface area is 190 Å². The monoisotopic (exact) mass is 466 g/mol. The van der Waals surface area contributed by atoms with Crippen molar-refractivity contribution in [2.24, 2.45) is 0 Å². The van der Waals surface area contributed by atoms with E-state index < -0.39 is 6.10 Å². The molecule has 30 heavy (non-hydrogen) atoms. The highest BCUT2D eigenvalue weighted by Crippen LogP contribution is 2.35. The number of aliphatic hydroxyl groups is 2. The number of nitrogens with zero attached hydrogens (tertiary/aromatic N) is 1. The molecule has 158 valence electrons. The van der Waals surface area contributed by atoms with Gasteiger partial charge in [0, 0.05) is 30.0 Å². The molecule has 0 bridgehead atoms. The van der Waals surface area contributed by atoms with Crippen LogP contribution in [-0.4, -0.2) is 34.4 Å². The van der Waals surface area contributed by atoms with Gasteiger partial charge in [0.05, 0.1) is 12.7 Å². The van der Waals surface area contributed by atoms with Crippen LogP contribution in [0.1, 0.15) is 17.2 Å². The summed E-state index contributed by atoms with van der Waals surface area (Å²) < 4.78 is 5.75. The van der Waals surface area contributed by atoms with Gasteiger partial charge >= 0.3 is 0 Å². The number of rotatable bonds is 9. The fraction of sp³-hybridized carbons (Fsp3) is 0.227. The van der Waals surface area contributed by atoms with Crippen LogP contribution >= 0.6 is 34.8 Å². The molecule has 0 unspecified atom stereocenters. The number of benzene rings is 2. The van der Waals surface area contributed by atoms with E-state index in [2.05, 4.69) is 10.3 Å². The predicted octanol–water partition coefficient (Wildman–Crippen LogP) is 5.06. The lowest BCUT2D eigenvalue weighted by Crippen LogP contribution is -2.37. The summed E-state index contributed by atoms with van der Waals surface area (Å²) in [6.07, 6.45) is 2.79. The molecule has 0 saturated carbocycles. The molecule has 0 amide bonds. The van der Waals surface area contributed by atoms with Crippen molar-refractivity contribution in [1.29, 1.82) is 0 Å². The summed E-state index contributed by atoms with van der Waals surface area (Å²) in [7, 11) is 0. The Morgan fingerprint density at radius 1 is 1.00 bits per heavy atom. The second-order valence-corrected chi connectivity index (χ2v) is 7.99. The third-order valence-electron chi connectivity index (χ3n) is 4.49. The summed E-state index contributed by atoms with van der Waals surface area (Å²) in [6.45, 7) is 0.231. The van der Waals surface area contributed by atoms with Gasteiger partial charge in [0.25, 0.3) is 0 Å². The van der Waals surface area contributed by atoms with Crippen molar-refractivity contribution in [1.82, 2.24) is 10.3 Å². The lowest BCUT2D eigenvalue weighted by Gasteiger charge is -2.19. The Balaban J connectivity index is 1.56. The van der Waals surface area contributed by atoms with Gasteiger partial charge in [0.2, 0.25) is 0 Å². The molecular weight excluding hydrogens is 447 g/mol. The number of hydrogen-bond acceptors (Lipinski definition) is 5. The third kappa shape index (κ3) is 6.32. The number of pyridine rings is 1. The van der Waals surface area contributed by atoms with Gasteiger partial charge in [0.15, 0.2) is 5.75 Å². The lowest BCUT2D eigenvalue weighted by atomic mass is 10.1. The number of halogens is 3. The van der Waals surface area contributed by atoms with Crippen LogP contribution in [0.25, 0.3) is 0 Å². The summed E-state index contributed by atoms with van der Waals surface area (Å²) in [5.74, 6) is 0.935. The Kier molecular flexibility index (Phi) is 8.33. The first kappa shape index (κ1) is 22.8. The average Bonchev–Trinajstić information content (AvgIpc) is 2.74. The molecule has 5 nitrogen and oxygen atoms in total. The first-order chi connectivity index (χ1) is 14.5. The van der Waals surface area contributed by atoms with Crippen LogP contribution < -0.4 is 10.1 Å². The summed E-state index contributed by atoms with van der Waals surface area (Å²) in [5, 5.41) is 24.4. The van der Waals surface area contributed by atoms with E-state index in [1.807, 2.05) is 18.2 Å². The summed E-state index contributed by atoms with van der Waals surface area (Å²) >= 11 is 18.1. The highest BCUT2D eigenvalue weighted by atomic mass is 35.5. The first-order valence-corrected chi connectivity index (χ1v) is 10.4. The number of hydrogen-bond donors (Lipinski definition) is 3. The minimum atomic E-state index is -0.719. The van der Waals surface area contributed by atoms with Crippen LogP contribution in [0.2, 0.25) is 15.1 Å². The summed E-state index contributed by atoms with van der Waals surface area (Å²) in [5.41, 5.74) is 1.72. The lowest BCUT2D eigenvalue weighted by molar-refractivity contribution is 0.158. The van der Waals surface area contributed by atoms with Crippen molar-refractivity contribution in [3.63, 3.8) is 0 Å². The first-order valence-electron chi connectivity index (χ1n) is 9.30. The molecule has 1 aromatic heterocycles. The van der Waals surface area contributed by atoms with Crippen molar-refractivity contribution >= 4 is 34.8 Å². The quantitative estimate of drug-likeness (QED) is 0.410. The zero-order valence-electron chi connectivity index (χ0n) is 15.9. The van der Waals surface area contributed by atoms with Gasteiger partial charge in [-0.25, -0.2) is 0 Å². The molecule has 3 aromatic rings. The van der Waals surface area contributed by atoms with Gasteiger partial charge in [-0.2, -0.15) is 0 Å². The molecule has 0 aliphatic rings. The van der Waals surface area contributed by atoms with E-state index in [1.165, 1.54) is 12.4 Å². The van der Waals surface area contributed by atoms with Crippen molar-refractivity contribution in [3.8, 4) is 11.5 Å². The standard InChI is InChI=1S/C22H21Cl3N2O3/c23-16-3-1-2-15(9-16)21(29)12-27-17(13-28)8-14-4-6-18(7-5-14)30-22-19(24)10-26-11-20(22)25/h1-7,9-11,17,21,27-29H,8,12-13H2/t17-,21-/m0/s1. The molecule has 3 rings (SSSR count). The van der Waals surface area contributed by atoms with E-state index in [4.69, 9.17) is 39.5 Å². The van der Waals surface area contributed by atoms with Crippen molar-refractivity contribution in [3.05, 3.63) is 87.1 Å². The molecule has 0 fully saturated rings. The molecule has 2 aromatic carbocycles. The molecule has 0 aliphatic carbocycles. The third-order valence-corrected chi connectivity index (χ3v) is 5.26. The molecular formula is C22H21Cl3N2O3. The molecule has 8 heteroatoms. The van der Waals surface area contributed by atoms with E-state index in [-0.39, 0.29) is 12.6 Å². The molecule has 3 N–H and O–H groups in total. The maximum Gasteiger partial charge on any atom is 0.167 e. The molecule has 0 aliphatic heterocycles. The smallest absolute Gasteiger partial charge is 0.167 e. The van der Waals surface area contributed by atoms with Crippen LogP contribution in [0.4, 0.5) is 0 Å². The summed E-state index contributed by atoms with van der Waals surface area (Å²) in [4.78, 5) is 3.90. The van der Waals surface area contributed by atoms with E-state index >= 15 is 0 Å². The van der Waals surface area contributed by atoms with Gasteiger partial charge in [-0.05, 0) is 41.8 Å². The second kappa shape index (κ2) is 11.0. The minimum absolute atomic E-state index is 0.0667. The molecule has 1 heterocycles. The zero-order chi connectivity index (χ0) is 21.5. The summed E-state index contributed by atoms with van der Waals surface area (Å²) in [6, 6.07) is 14.3. The number of aromatic nitrogens is 1. The van der Waals surface area contributed by atoms with Crippen molar-refractivity contribution < 1.29 is 14.9 Å². The van der Waals surface area contributed by atoms with E-state index in [0.29, 0.717) is 39.5 Å². The van der Waals surface area contributed by atoms with Crippen molar-refractivity contribution in [2.45, 2.75) is 18.6 Å².